The van der Waals surface area contributed by atoms with Crippen molar-refractivity contribution >= 4 is 23.5 Å². The first-order valence-electron chi connectivity index (χ1n) is 10.3. The van der Waals surface area contributed by atoms with Crippen molar-refractivity contribution < 1.29 is 19.1 Å². The number of benzene rings is 2. The Bertz CT molecular complexity index is 816. The Morgan fingerprint density at radius 2 is 1.48 bits per heavy atom. The van der Waals surface area contributed by atoms with Crippen LogP contribution in [-0.2, 0) is 4.74 Å². The van der Waals surface area contributed by atoms with Crippen molar-refractivity contribution in [3.8, 4) is 5.75 Å². The second kappa shape index (κ2) is 12.3. The molecule has 2 aromatic carbocycles. The van der Waals surface area contributed by atoms with Gasteiger partial charge in [-0.1, -0.05) is 69.2 Å². The molecule has 0 saturated carbocycles. The van der Waals surface area contributed by atoms with Crippen LogP contribution in [0.2, 0.25) is 5.02 Å². The van der Waals surface area contributed by atoms with Gasteiger partial charge in [-0.2, -0.15) is 0 Å². The van der Waals surface area contributed by atoms with Crippen LogP contribution in [0, 0.1) is 6.92 Å². The molecule has 2 aromatic rings. The summed E-state index contributed by atoms with van der Waals surface area (Å²) in [7, 11) is 0. The van der Waals surface area contributed by atoms with E-state index in [-0.39, 0.29) is 11.1 Å². The van der Waals surface area contributed by atoms with Crippen LogP contribution in [0.4, 0.5) is 0 Å². The first-order valence-corrected chi connectivity index (χ1v) is 10.6. The summed E-state index contributed by atoms with van der Waals surface area (Å²) in [6.45, 7) is 4.35. The van der Waals surface area contributed by atoms with E-state index in [2.05, 4.69) is 6.92 Å². The predicted molar refractivity (Wildman–Crippen MR) is 116 cm³/mol. The number of hydrogen-bond donors (Lipinski definition) is 0. The highest BCUT2D eigenvalue weighted by Gasteiger charge is 2.20. The zero-order valence-corrected chi connectivity index (χ0v) is 18.0. The maximum Gasteiger partial charge on any atom is 0.344 e. The molecule has 0 atom stereocenters. The lowest BCUT2D eigenvalue weighted by molar-refractivity contribution is 0.0489. The number of halogens is 1. The lowest BCUT2D eigenvalue weighted by atomic mass is 10.1. The molecule has 156 valence electrons. The van der Waals surface area contributed by atoms with Crippen molar-refractivity contribution in [2.45, 2.75) is 58.8 Å². The smallest absolute Gasteiger partial charge is 0.344 e. The van der Waals surface area contributed by atoms with Gasteiger partial charge in [-0.15, -0.1) is 0 Å². The van der Waals surface area contributed by atoms with E-state index in [0.29, 0.717) is 17.4 Å². The van der Waals surface area contributed by atoms with Gasteiger partial charge < -0.3 is 9.47 Å². The Balaban J connectivity index is 1.90. The maximum atomic E-state index is 12.6. The van der Waals surface area contributed by atoms with Crippen molar-refractivity contribution in [3.05, 3.63) is 64.2 Å². The molecule has 5 heteroatoms. The fourth-order valence-electron chi connectivity index (χ4n) is 3.02. The minimum Gasteiger partial charge on any atom is -0.462 e. The van der Waals surface area contributed by atoms with E-state index in [0.717, 1.165) is 24.8 Å². The fraction of sp³-hybridized carbons (Fsp3) is 0.417. The molecule has 29 heavy (non-hydrogen) atoms. The number of aryl methyl sites for hydroxylation is 1. The van der Waals surface area contributed by atoms with Crippen LogP contribution >= 0.6 is 11.6 Å². The van der Waals surface area contributed by atoms with Gasteiger partial charge in [0, 0.05) is 5.02 Å². The summed E-state index contributed by atoms with van der Waals surface area (Å²) >= 11 is 5.94. The lowest BCUT2D eigenvalue weighted by Crippen LogP contribution is -2.16. The molecule has 0 aliphatic rings. The highest BCUT2D eigenvalue weighted by atomic mass is 35.5. The van der Waals surface area contributed by atoms with Gasteiger partial charge in [0.25, 0.3) is 0 Å². The van der Waals surface area contributed by atoms with Crippen LogP contribution < -0.4 is 4.74 Å². The zero-order chi connectivity index (χ0) is 21.1. The van der Waals surface area contributed by atoms with Crippen LogP contribution in [0.5, 0.6) is 5.75 Å². The van der Waals surface area contributed by atoms with E-state index < -0.39 is 11.9 Å². The Hall–Kier alpha value is -2.33. The third-order valence-electron chi connectivity index (χ3n) is 4.69. The molecule has 0 spiro atoms. The molecule has 0 fully saturated rings. The molecule has 0 bridgehead atoms. The molecule has 0 saturated heterocycles. The maximum absolute atomic E-state index is 12.6. The molecular weight excluding hydrogens is 388 g/mol. The minimum absolute atomic E-state index is 0.186. The van der Waals surface area contributed by atoms with Gasteiger partial charge in [-0.3, -0.25) is 0 Å². The molecule has 0 aromatic heterocycles. The standard InChI is InChI=1S/C24H29ClO4/c1-3-4-5-6-7-8-11-16-28-23(26)20-12-9-10-13-21(20)24(27)29-22-15-14-19(25)17-18(22)2/h9-10,12-15,17H,3-8,11,16H2,1-2H3. The monoisotopic (exact) mass is 416 g/mol. The third kappa shape index (κ3) is 7.54. The van der Waals surface area contributed by atoms with Gasteiger partial charge in [-0.05, 0) is 49.2 Å². The van der Waals surface area contributed by atoms with Gasteiger partial charge in [-0.25, -0.2) is 9.59 Å². The summed E-state index contributed by atoms with van der Waals surface area (Å²) < 4.78 is 10.8. The van der Waals surface area contributed by atoms with Crippen molar-refractivity contribution in [2.75, 3.05) is 6.61 Å². The third-order valence-corrected chi connectivity index (χ3v) is 4.92. The number of rotatable bonds is 11. The van der Waals surface area contributed by atoms with Crippen molar-refractivity contribution in [1.82, 2.24) is 0 Å². The average Bonchev–Trinajstić information content (AvgIpc) is 2.71. The molecule has 0 radical (unpaired) electrons. The van der Waals surface area contributed by atoms with Gasteiger partial charge in [0.2, 0.25) is 0 Å². The highest BCUT2D eigenvalue weighted by molar-refractivity contribution is 6.30. The van der Waals surface area contributed by atoms with Crippen molar-refractivity contribution in [2.24, 2.45) is 0 Å². The number of carbonyl (C=O) groups excluding carboxylic acids is 2. The van der Waals surface area contributed by atoms with E-state index in [1.54, 1.807) is 49.4 Å². The first kappa shape index (κ1) is 23.0. The zero-order valence-electron chi connectivity index (χ0n) is 17.2. The molecule has 0 heterocycles. The van der Waals surface area contributed by atoms with Crippen LogP contribution in [0.3, 0.4) is 0 Å². The Labute approximate surface area is 178 Å². The van der Waals surface area contributed by atoms with Crippen LogP contribution in [0.15, 0.2) is 42.5 Å². The predicted octanol–water partition coefficient (Wildman–Crippen LogP) is 6.78. The van der Waals surface area contributed by atoms with Gasteiger partial charge in [0.15, 0.2) is 0 Å². The molecule has 0 aliphatic heterocycles. The quantitative estimate of drug-likeness (QED) is 0.230. The number of esters is 2. The number of hydrogen-bond acceptors (Lipinski definition) is 4. The number of unbranched alkanes of at least 4 members (excludes halogenated alkanes) is 6. The Kier molecular flexibility index (Phi) is 9.72. The topological polar surface area (TPSA) is 52.6 Å². The van der Waals surface area contributed by atoms with Crippen LogP contribution in [0.25, 0.3) is 0 Å². The molecule has 0 unspecified atom stereocenters. The highest BCUT2D eigenvalue weighted by Crippen LogP contribution is 2.23. The van der Waals surface area contributed by atoms with Crippen molar-refractivity contribution in [3.63, 3.8) is 0 Å². The second-order valence-corrected chi connectivity index (χ2v) is 7.54. The molecule has 0 aliphatic carbocycles. The minimum atomic E-state index is -0.598. The molecular formula is C24H29ClO4. The summed E-state index contributed by atoms with van der Waals surface area (Å²) in [6.07, 6.45) is 8.01. The van der Waals surface area contributed by atoms with Gasteiger partial charge in [0.1, 0.15) is 5.75 Å². The Morgan fingerprint density at radius 3 is 2.14 bits per heavy atom. The summed E-state index contributed by atoms with van der Waals surface area (Å²) in [6, 6.07) is 11.5. The molecule has 4 nitrogen and oxygen atoms in total. The van der Waals surface area contributed by atoms with E-state index in [9.17, 15) is 9.59 Å². The van der Waals surface area contributed by atoms with Crippen LogP contribution in [0.1, 0.15) is 78.1 Å². The van der Waals surface area contributed by atoms with E-state index in [4.69, 9.17) is 21.1 Å². The summed E-state index contributed by atoms with van der Waals surface area (Å²) in [5.74, 6) is -0.694. The first-order chi connectivity index (χ1) is 14.0. The molecule has 2 rings (SSSR count). The normalized spacial score (nSPS) is 10.6. The van der Waals surface area contributed by atoms with Gasteiger partial charge in [0.05, 0.1) is 17.7 Å². The van der Waals surface area contributed by atoms with Crippen molar-refractivity contribution in [1.29, 1.82) is 0 Å². The lowest BCUT2D eigenvalue weighted by Gasteiger charge is -2.11. The van der Waals surface area contributed by atoms with Crippen LogP contribution in [-0.4, -0.2) is 18.5 Å². The fourth-order valence-corrected chi connectivity index (χ4v) is 3.25. The molecule has 0 amide bonds. The average molecular weight is 417 g/mol. The van der Waals surface area contributed by atoms with E-state index >= 15 is 0 Å². The summed E-state index contributed by atoms with van der Waals surface area (Å²) in [4.78, 5) is 25.1. The van der Waals surface area contributed by atoms with Gasteiger partial charge >= 0.3 is 11.9 Å². The molecule has 0 N–H and O–H groups in total. The number of carbonyl (C=O) groups is 2. The SMILES string of the molecule is CCCCCCCCCOC(=O)c1ccccc1C(=O)Oc1ccc(Cl)cc1C. The largest absolute Gasteiger partial charge is 0.462 e. The summed E-state index contributed by atoms with van der Waals surface area (Å²) in [5.41, 5.74) is 1.14. The number of ether oxygens (including phenoxy) is 2. The van der Waals surface area contributed by atoms with E-state index in [1.165, 1.54) is 25.7 Å². The summed E-state index contributed by atoms with van der Waals surface area (Å²) in [5, 5.41) is 0.566. The second-order valence-electron chi connectivity index (χ2n) is 7.10. The van der Waals surface area contributed by atoms with E-state index in [1.807, 2.05) is 0 Å². The Morgan fingerprint density at radius 1 is 0.862 bits per heavy atom.